The van der Waals surface area contributed by atoms with E-state index < -0.39 is 0 Å². The summed E-state index contributed by atoms with van der Waals surface area (Å²) >= 11 is 0. The van der Waals surface area contributed by atoms with Gasteiger partial charge in [-0.05, 0) is 25.5 Å². The highest BCUT2D eigenvalue weighted by Crippen LogP contribution is 2.31. The third-order valence-electron chi connectivity index (χ3n) is 2.26. The average Bonchev–Trinajstić information content (AvgIpc) is 2.17. The monoisotopic (exact) mass is 194 g/mol. The van der Waals surface area contributed by atoms with Gasteiger partial charge in [-0.15, -0.1) is 0 Å². The molecule has 0 heterocycles. The number of aryl methyl sites for hydroxylation is 1. The molecule has 0 aliphatic heterocycles. The molecule has 0 atom stereocenters. The molecular weight excluding hydrogens is 180 g/mol. The summed E-state index contributed by atoms with van der Waals surface area (Å²) in [5.41, 5.74) is 2.33. The van der Waals surface area contributed by atoms with E-state index in [1.54, 1.807) is 20.3 Å². The van der Waals surface area contributed by atoms with Crippen molar-refractivity contribution in [2.75, 3.05) is 14.2 Å². The number of ether oxygens (including phenoxy) is 2. The Balaban J connectivity index is 3.46. The van der Waals surface area contributed by atoms with Crippen molar-refractivity contribution in [3.05, 3.63) is 22.8 Å². The maximum absolute atomic E-state index is 10.9. The normalized spacial score (nSPS) is 9.71. The van der Waals surface area contributed by atoms with Crippen molar-refractivity contribution >= 4 is 6.29 Å². The topological polar surface area (TPSA) is 35.5 Å². The van der Waals surface area contributed by atoms with Crippen LogP contribution in [0.2, 0.25) is 0 Å². The molecule has 3 heteroatoms. The van der Waals surface area contributed by atoms with Crippen molar-refractivity contribution < 1.29 is 14.3 Å². The molecule has 0 radical (unpaired) electrons. The van der Waals surface area contributed by atoms with E-state index in [1.807, 2.05) is 13.8 Å². The van der Waals surface area contributed by atoms with E-state index in [1.165, 1.54) is 0 Å². The highest BCUT2D eigenvalue weighted by atomic mass is 16.5. The van der Waals surface area contributed by atoms with Gasteiger partial charge in [-0.2, -0.15) is 0 Å². The molecule has 1 rings (SSSR count). The summed E-state index contributed by atoms with van der Waals surface area (Å²) in [5, 5.41) is 0. The molecule has 0 spiro atoms. The maximum Gasteiger partial charge on any atom is 0.154 e. The molecule has 0 saturated heterocycles. The highest BCUT2D eigenvalue weighted by molar-refractivity contribution is 5.83. The first kappa shape index (κ1) is 10.6. The molecule has 76 valence electrons. The number of carbonyl (C=O) groups is 1. The summed E-state index contributed by atoms with van der Waals surface area (Å²) in [6.07, 6.45) is 0.788. The van der Waals surface area contributed by atoms with Crippen LogP contribution in [0.4, 0.5) is 0 Å². The van der Waals surface area contributed by atoms with Crippen LogP contribution in [0.1, 0.15) is 21.5 Å². The molecule has 1 aromatic carbocycles. The van der Waals surface area contributed by atoms with Crippen LogP contribution in [0.3, 0.4) is 0 Å². The zero-order chi connectivity index (χ0) is 10.7. The second kappa shape index (κ2) is 4.13. The Morgan fingerprint density at radius 3 is 2.29 bits per heavy atom. The standard InChI is InChI=1S/C11H14O3/c1-7-5-10(13-3)9(6-12)8(2)11(7)14-4/h5-6H,1-4H3. The van der Waals surface area contributed by atoms with Crippen molar-refractivity contribution in [2.45, 2.75) is 13.8 Å². The van der Waals surface area contributed by atoms with Crippen LogP contribution in [0.5, 0.6) is 11.5 Å². The Kier molecular flexibility index (Phi) is 3.12. The van der Waals surface area contributed by atoms with Gasteiger partial charge in [-0.1, -0.05) is 0 Å². The first-order chi connectivity index (χ1) is 6.65. The lowest BCUT2D eigenvalue weighted by Crippen LogP contribution is -1.99. The van der Waals surface area contributed by atoms with Crippen LogP contribution in [-0.4, -0.2) is 20.5 Å². The lowest BCUT2D eigenvalue weighted by Gasteiger charge is -2.13. The van der Waals surface area contributed by atoms with Crippen molar-refractivity contribution in [3.8, 4) is 11.5 Å². The summed E-state index contributed by atoms with van der Waals surface area (Å²) in [6.45, 7) is 3.76. The first-order valence-corrected chi connectivity index (χ1v) is 4.33. The van der Waals surface area contributed by atoms with Crippen molar-refractivity contribution in [2.24, 2.45) is 0 Å². The van der Waals surface area contributed by atoms with E-state index in [9.17, 15) is 4.79 Å². The van der Waals surface area contributed by atoms with Gasteiger partial charge in [0.1, 0.15) is 11.5 Å². The number of hydrogen-bond donors (Lipinski definition) is 0. The van der Waals surface area contributed by atoms with Crippen LogP contribution in [0.25, 0.3) is 0 Å². The maximum atomic E-state index is 10.9. The Morgan fingerprint density at radius 2 is 1.86 bits per heavy atom. The minimum atomic E-state index is 0.551. The summed E-state index contributed by atoms with van der Waals surface area (Å²) in [5.74, 6) is 1.34. The lowest BCUT2D eigenvalue weighted by molar-refractivity contribution is 0.111. The molecule has 0 amide bonds. The summed E-state index contributed by atoms with van der Waals surface area (Å²) in [6, 6.07) is 1.80. The molecule has 14 heavy (non-hydrogen) atoms. The lowest BCUT2D eigenvalue weighted by atomic mass is 10.0. The zero-order valence-corrected chi connectivity index (χ0v) is 8.88. The molecule has 0 aromatic heterocycles. The predicted octanol–water partition coefficient (Wildman–Crippen LogP) is 2.13. The molecule has 0 N–H and O–H groups in total. The molecule has 0 aliphatic carbocycles. The van der Waals surface area contributed by atoms with Gasteiger partial charge < -0.3 is 9.47 Å². The molecule has 3 nitrogen and oxygen atoms in total. The summed E-state index contributed by atoms with van der Waals surface area (Å²) in [7, 11) is 3.14. The van der Waals surface area contributed by atoms with Crippen LogP contribution in [-0.2, 0) is 0 Å². The van der Waals surface area contributed by atoms with Crippen LogP contribution >= 0.6 is 0 Å². The smallest absolute Gasteiger partial charge is 0.154 e. The Hall–Kier alpha value is -1.51. The van der Waals surface area contributed by atoms with Gasteiger partial charge in [0, 0.05) is 5.56 Å². The third-order valence-corrected chi connectivity index (χ3v) is 2.26. The zero-order valence-electron chi connectivity index (χ0n) is 8.88. The van der Waals surface area contributed by atoms with E-state index >= 15 is 0 Å². The molecule has 0 bridgehead atoms. The molecule has 0 saturated carbocycles. The third kappa shape index (κ3) is 1.58. The minimum absolute atomic E-state index is 0.551. The number of benzene rings is 1. The second-order valence-corrected chi connectivity index (χ2v) is 3.09. The SMILES string of the molecule is COc1cc(C)c(OC)c(C)c1C=O. The number of hydrogen-bond acceptors (Lipinski definition) is 3. The van der Waals surface area contributed by atoms with Crippen LogP contribution in [0, 0.1) is 13.8 Å². The molecule has 0 fully saturated rings. The second-order valence-electron chi connectivity index (χ2n) is 3.09. The quantitative estimate of drug-likeness (QED) is 0.691. The number of methoxy groups -OCH3 is 2. The van der Waals surface area contributed by atoms with Gasteiger partial charge in [-0.25, -0.2) is 0 Å². The molecule has 0 unspecified atom stereocenters. The summed E-state index contributed by atoms with van der Waals surface area (Å²) in [4.78, 5) is 10.9. The van der Waals surface area contributed by atoms with E-state index in [-0.39, 0.29) is 0 Å². The van der Waals surface area contributed by atoms with Gasteiger partial charge >= 0.3 is 0 Å². The fourth-order valence-corrected chi connectivity index (χ4v) is 1.57. The Bertz CT molecular complexity index is 356. The van der Waals surface area contributed by atoms with Gasteiger partial charge in [-0.3, -0.25) is 4.79 Å². The molecule has 0 aliphatic rings. The number of carbonyl (C=O) groups excluding carboxylic acids is 1. The average molecular weight is 194 g/mol. The van der Waals surface area contributed by atoms with Crippen molar-refractivity contribution in [1.82, 2.24) is 0 Å². The van der Waals surface area contributed by atoms with E-state index in [0.29, 0.717) is 11.3 Å². The fourth-order valence-electron chi connectivity index (χ4n) is 1.57. The van der Waals surface area contributed by atoms with Crippen molar-refractivity contribution in [1.29, 1.82) is 0 Å². The van der Waals surface area contributed by atoms with E-state index in [0.717, 1.165) is 23.2 Å². The van der Waals surface area contributed by atoms with Gasteiger partial charge in [0.25, 0.3) is 0 Å². The van der Waals surface area contributed by atoms with E-state index in [2.05, 4.69) is 0 Å². The summed E-state index contributed by atoms with van der Waals surface area (Å²) < 4.78 is 10.3. The number of aldehydes is 1. The van der Waals surface area contributed by atoms with Crippen molar-refractivity contribution in [3.63, 3.8) is 0 Å². The van der Waals surface area contributed by atoms with E-state index in [4.69, 9.17) is 9.47 Å². The van der Waals surface area contributed by atoms with Crippen LogP contribution in [0.15, 0.2) is 6.07 Å². The van der Waals surface area contributed by atoms with Gasteiger partial charge in [0.05, 0.1) is 19.8 Å². The van der Waals surface area contributed by atoms with Crippen LogP contribution < -0.4 is 9.47 Å². The Morgan fingerprint density at radius 1 is 1.21 bits per heavy atom. The Labute approximate surface area is 83.6 Å². The highest BCUT2D eigenvalue weighted by Gasteiger charge is 2.13. The molecular formula is C11H14O3. The predicted molar refractivity (Wildman–Crippen MR) is 54.4 cm³/mol. The fraction of sp³-hybridized carbons (Fsp3) is 0.364. The van der Waals surface area contributed by atoms with Gasteiger partial charge in [0.2, 0.25) is 0 Å². The largest absolute Gasteiger partial charge is 0.496 e. The number of rotatable bonds is 3. The minimum Gasteiger partial charge on any atom is -0.496 e. The van der Waals surface area contributed by atoms with Gasteiger partial charge in [0.15, 0.2) is 6.29 Å². The molecule has 1 aromatic rings. The first-order valence-electron chi connectivity index (χ1n) is 4.33.